The molecule has 48 heavy (non-hydrogen) atoms. The first kappa shape index (κ1) is 39.8. The summed E-state index contributed by atoms with van der Waals surface area (Å²) in [4.78, 5) is 65.7. The van der Waals surface area contributed by atoms with Crippen LogP contribution in [0.5, 0.6) is 11.5 Å². The van der Waals surface area contributed by atoms with E-state index < -0.39 is 41.9 Å². The third kappa shape index (κ3) is 12.7. The predicted molar refractivity (Wildman–Crippen MR) is 184 cm³/mol. The SMILES string of the molecule is COc1ccc2cc1OCC(=O)NCCCC(NC(=O)[C@H](C)N)C(=O)N[C@@H](Cc1ccccc1)C(=O)N[C@H](C(C)C)C(=O)NCCC2.Cl. The predicted octanol–water partition coefficient (Wildman–Crippen LogP) is 1.15. The number of amides is 5. The van der Waals surface area contributed by atoms with Crippen molar-refractivity contribution in [3.63, 3.8) is 0 Å². The molecule has 1 aliphatic rings. The average molecular weight is 689 g/mol. The molecule has 7 N–H and O–H groups in total. The second kappa shape index (κ2) is 20.1. The van der Waals surface area contributed by atoms with Gasteiger partial charge in [-0.25, -0.2) is 0 Å². The molecule has 5 amide bonds. The van der Waals surface area contributed by atoms with E-state index in [0.717, 1.165) is 11.1 Å². The Labute approximate surface area is 288 Å². The summed E-state index contributed by atoms with van der Waals surface area (Å²) >= 11 is 0. The summed E-state index contributed by atoms with van der Waals surface area (Å²) in [5.41, 5.74) is 7.49. The fourth-order valence-corrected chi connectivity index (χ4v) is 5.02. The van der Waals surface area contributed by atoms with E-state index in [1.807, 2.05) is 50.2 Å². The lowest BCUT2D eigenvalue weighted by Gasteiger charge is -2.27. The summed E-state index contributed by atoms with van der Waals surface area (Å²) in [6.07, 6.45) is 1.86. The summed E-state index contributed by atoms with van der Waals surface area (Å²) in [6, 6.07) is 10.8. The van der Waals surface area contributed by atoms with Crippen molar-refractivity contribution >= 4 is 41.9 Å². The average Bonchev–Trinajstić information content (AvgIpc) is 3.05. The fraction of sp³-hybridized carbons (Fsp3) is 0.500. The number of hydrogen-bond acceptors (Lipinski definition) is 8. The summed E-state index contributed by atoms with van der Waals surface area (Å²) in [7, 11) is 1.51. The van der Waals surface area contributed by atoms with Gasteiger partial charge in [-0.05, 0) is 61.8 Å². The molecule has 14 heteroatoms. The van der Waals surface area contributed by atoms with Crippen LogP contribution in [-0.4, -0.2) is 80.5 Å². The highest BCUT2D eigenvalue weighted by atomic mass is 35.5. The Kier molecular flexibility index (Phi) is 16.7. The summed E-state index contributed by atoms with van der Waals surface area (Å²) in [6.45, 7) is 5.46. The van der Waals surface area contributed by atoms with Crippen molar-refractivity contribution in [2.45, 2.75) is 77.0 Å². The number of rotatable bonds is 6. The fourth-order valence-electron chi connectivity index (χ4n) is 5.02. The lowest BCUT2D eigenvalue weighted by molar-refractivity contribution is -0.134. The van der Waals surface area contributed by atoms with Crippen LogP contribution in [0.15, 0.2) is 48.5 Å². The highest BCUT2D eigenvalue weighted by Crippen LogP contribution is 2.28. The van der Waals surface area contributed by atoms with Gasteiger partial charge in [0, 0.05) is 19.5 Å². The standard InChI is InChI=1S/C34H48N6O7.ClH/c1-21(2)30-34(45)37-17-8-12-24-14-15-27(46-4)28(19-24)47-20-29(41)36-16-9-13-25(38-31(42)22(3)35)32(43)39-26(33(44)40-30)18-23-10-6-5-7-11-23;/h5-7,10-11,14-15,19,21-22,25-26,30H,8-9,12-13,16-18,20,35H2,1-4H3,(H,36,41)(H,37,45)(H,38,42)(H,39,43)(H,40,44);1H/t22-,25?,26-,30+;/m0./s1. The van der Waals surface area contributed by atoms with Crippen LogP contribution < -0.4 is 41.8 Å². The van der Waals surface area contributed by atoms with Crippen molar-refractivity contribution in [1.82, 2.24) is 26.6 Å². The maximum Gasteiger partial charge on any atom is 0.257 e. The molecule has 0 aliphatic carbocycles. The smallest absolute Gasteiger partial charge is 0.257 e. The number of ether oxygens (including phenoxy) is 2. The van der Waals surface area contributed by atoms with Crippen LogP contribution in [0.25, 0.3) is 0 Å². The normalized spacial score (nSPS) is 20.9. The zero-order valence-electron chi connectivity index (χ0n) is 28.0. The van der Waals surface area contributed by atoms with E-state index in [2.05, 4.69) is 26.6 Å². The van der Waals surface area contributed by atoms with Gasteiger partial charge in [-0.15, -0.1) is 12.4 Å². The van der Waals surface area contributed by atoms with Gasteiger partial charge >= 0.3 is 0 Å². The zero-order valence-corrected chi connectivity index (χ0v) is 28.8. The van der Waals surface area contributed by atoms with Crippen molar-refractivity contribution in [1.29, 1.82) is 0 Å². The van der Waals surface area contributed by atoms with Crippen LogP contribution >= 0.6 is 12.4 Å². The van der Waals surface area contributed by atoms with Crippen LogP contribution in [0.1, 0.15) is 51.2 Å². The van der Waals surface area contributed by atoms with E-state index in [1.54, 1.807) is 12.1 Å². The molecule has 264 valence electrons. The number of nitrogens with one attached hydrogen (secondary N) is 5. The van der Waals surface area contributed by atoms with Gasteiger partial charge in [0.25, 0.3) is 5.91 Å². The topological polar surface area (TPSA) is 190 Å². The maximum absolute atomic E-state index is 13.7. The van der Waals surface area contributed by atoms with Gasteiger partial charge < -0.3 is 41.8 Å². The quantitative estimate of drug-likeness (QED) is 0.261. The first-order chi connectivity index (χ1) is 22.5. The Balaban J connectivity index is 0.00000800. The molecule has 13 nitrogen and oxygen atoms in total. The molecule has 2 aromatic rings. The third-order valence-electron chi connectivity index (χ3n) is 7.73. The van der Waals surface area contributed by atoms with Crippen molar-refractivity contribution in [3.05, 3.63) is 59.7 Å². The molecule has 1 unspecified atom stereocenters. The number of hydrogen-bond donors (Lipinski definition) is 6. The van der Waals surface area contributed by atoms with Gasteiger partial charge in [0.05, 0.1) is 13.2 Å². The van der Waals surface area contributed by atoms with Gasteiger partial charge in [0.1, 0.15) is 18.1 Å². The molecule has 2 aromatic carbocycles. The number of benzene rings is 2. The Morgan fingerprint density at radius 1 is 0.958 bits per heavy atom. The van der Waals surface area contributed by atoms with E-state index in [-0.39, 0.29) is 56.1 Å². The monoisotopic (exact) mass is 688 g/mol. The van der Waals surface area contributed by atoms with E-state index >= 15 is 0 Å². The molecule has 0 spiro atoms. The second-order valence-corrected chi connectivity index (χ2v) is 12.0. The number of carbonyl (C=O) groups excluding carboxylic acids is 5. The molecule has 1 aliphatic heterocycles. The first-order valence-electron chi connectivity index (χ1n) is 16.0. The molecule has 0 saturated carbocycles. The van der Waals surface area contributed by atoms with Crippen LogP contribution in [0.3, 0.4) is 0 Å². The Hall–Kier alpha value is -4.36. The molecule has 0 fully saturated rings. The van der Waals surface area contributed by atoms with Gasteiger partial charge in [0.2, 0.25) is 23.6 Å². The molecule has 2 bridgehead atoms. The molecule has 1 heterocycles. The van der Waals surface area contributed by atoms with Gasteiger partial charge in [-0.2, -0.15) is 0 Å². The Morgan fingerprint density at radius 2 is 1.67 bits per heavy atom. The number of methoxy groups -OCH3 is 1. The zero-order chi connectivity index (χ0) is 34.3. The molecule has 0 saturated heterocycles. The molecule has 3 rings (SSSR count). The maximum atomic E-state index is 13.7. The third-order valence-corrected chi connectivity index (χ3v) is 7.73. The number of aryl methyl sites for hydroxylation is 1. The highest BCUT2D eigenvalue weighted by molar-refractivity contribution is 5.95. The number of carbonyl (C=O) groups is 5. The summed E-state index contributed by atoms with van der Waals surface area (Å²) in [5.74, 6) is -1.74. The molecule has 0 aromatic heterocycles. The Bertz CT molecular complexity index is 1380. The van der Waals surface area contributed by atoms with Crippen LogP contribution in [0, 0.1) is 5.92 Å². The number of halogens is 1. The number of fused-ring (bicyclic) bond motifs is 2. The highest BCUT2D eigenvalue weighted by Gasteiger charge is 2.31. The largest absolute Gasteiger partial charge is 0.493 e. The minimum absolute atomic E-state index is 0. The van der Waals surface area contributed by atoms with Crippen LogP contribution in [0.4, 0.5) is 0 Å². The second-order valence-electron chi connectivity index (χ2n) is 12.0. The minimum atomic E-state index is -1.05. The van der Waals surface area contributed by atoms with Crippen LogP contribution in [-0.2, 0) is 36.8 Å². The van der Waals surface area contributed by atoms with Crippen molar-refractivity contribution < 1.29 is 33.4 Å². The van der Waals surface area contributed by atoms with Gasteiger partial charge in [-0.3, -0.25) is 24.0 Å². The lowest BCUT2D eigenvalue weighted by Crippen LogP contribution is -2.59. The molecular formula is C34H49ClN6O7. The van der Waals surface area contributed by atoms with Crippen molar-refractivity contribution in [2.75, 3.05) is 26.8 Å². The minimum Gasteiger partial charge on any atom is -0.493 e. The van der Waals surface area contributed by atoms with Gasteiger partial charge in [-0.1, -0.05) is 50.2 Å². The molecular weight excluding hydrogens is 640 g/mol. The lowest BCUT2D eigenvalue weighted by atomic mass is 10.00. The van der Waals surface area contributed by atoms with Crippen molar-refractivity contribution in [3.8, 4) is 11.5 Å². The van der Waals surface area contributed by atoms with E-state index in [1.165, 1.54) is 14.0 Å². The molecule has 0 radical (unpaired) electrons. The summed E-state index contributed by atoms with van der Waals surface area (Å²) < 4.78 is 11.1. The summed E-state index contributed by atoms with van der Waals surface area (Å²) in [5, 5.41) is 14.0. The van der Waals surface area contributed by atoms with Gasteiger partial charge in [0.15, 0.2) is 18.1 Å². The van der Waals surface area contributed by atoms with Crippen LogP contribution in [0.2, 0.25) is 0 Å². The van der Waals surface area contributed by atoms with E-state index in [9.17, 15) is 24.0 Å². The molecule has 4 atom stereocenters. The van der Waals surface area contributed by atoms with E-state index in [4.69, 9.17) is 15.2 Å². The number of nitrogens with two attached hydrogens (primary N) is 1. The van der Waals surface area contributed by atoms with Crippen molar-refractivity contribution in [2.24, 2.45) is 11.7 Å². The first-order valence-corrected chi connectivity index (χ1v) is 16.0. The Morgan fingerprint density at radius 3 is 2.33 bits per heavy atom. The van der Waals surface area contributed by atoms with E-state index in [0.29, 0.717) is 37.3 Å².